The van der Waals surface area contributed by atoms with Crippen LogP contribution in [0.25, 0.3) is 0 Å². The highest BCUT2D eigenvalue weighted by atomic mass is 79.9. The van der Waals surface area contributed by atoms with Gasteiger partial charge in [0.1, 0.15) is 0 Å². The maximum atomic E-state index is 5.49. The summed E-state index contributed by atoms with van der Waals surface area (Å²) in [7, 11) is 0. The van der Waals surface area contributed by atoms with E-state index in [0.717, 1.165) is 24.0 Å². The van der Waals surface area contributed by atoms with Crippen LogP contribution in [0.5, 0.6) is 0 Å². The van der Waals surface area contributed by atoms with Gasteiger partial charge >= 0.3 is 0 Å². The third-order valence-corrected chi connectivity index (χ3v) is 3.19. The second-order valence-electron chi connectivity index (χ2n) is 4.41. The van der Waals surface area contributed by atoms with Gasteiger partial charge in [-0.05, 0) is 44.9 Å². The minimum Gasteiger partial charge on any atom is -0.377 e. The predicted molar refractivity (Wildman–Crippen MR) is 76.4 cm³/mol. The average Bonchev–Trinajstić information content (AvgIpc) is 2.30. The van der Waals surface area contributed by atoms with Crippen molar-refractivity contribution in [3.8, 4) is 0 Å². The first-order valence-electron chi connectivity index (χ1n) is 6.21. The molecule has 2 nitrogen and oxygen atoms in total. The molecule has 0 amide bonds. The summed E-state index contributed by atoms with van der Waals surface area (Å²) in [5.74, 6) is 0. The van der Waals surface area contributed by atoms with Crippen LogP contribution in [0.2, 0.25) is 0 Å². The van der Waals surface area contributed by atoms with Gasteiger partial charge in [-0.2, -0.15) is 0 Å². The monoisotopic (exact) mass is 299 g/mol. The van der Waals surface area contributed by atoms with Gasteiger partial charge < -0.3 is 10.1 Å². The molecule has 0 radical (unpaired) electrons. The van der Waals surface area contributed by atoms with Crippen LogP contribution in [0.4, 0.5) is 0 Å². The lowest BCUT2D eigenvalue weighted by atomic mass is 10.1. The van der Waals surface area contributed by atoms with E-state index in [4.69, 9.17) is 4.74 Å². The van der Waals surface area contributed by atoms with Crippen LogP contribution in [0.3, 0.4) is 0 Å². The van der Waals surface area contributed by atoms with Crippen LogP contribution in [-0.4, -0.2) is 25.3 Å². The number of rotatable bonds is 7. The summed E-state index contributed by atoms with van der Waals surface area (Å²) < 4.78 is 6.62. The fraction of sp³-hybridized carbons (Fsp3) is 0.571. The number of nitrogens with one attached hydrogen (secondary N) is 1. The smallest absolute Gasteiger partial charge is 0.0671 e. The van der Waals surface area contributed by atoms with E-state index in [9.17, 15) is 0 Å². The highest BCUT2D eigenvalue weighted by molar-refractivity contribution is 9.10. The van der Waals surface area contributed by atoms with Gasteiger partial charge in [-0.15, -0.1) is 0 Å². The average molecular weight is 300 g/mol. The summed E-state index contributed by atoms with van der Waals surface area (Å²) in [5.41, 5.74) is 1.36. The summed E-state index contributed by atoms with van der Waals surface area (Å²) in [6.45, 7) is 8.03. The quantitative estimate of drug-likeness (QED) is 0.833. The lowest BCUT2D eigenvalue weighted by Gasteiger charge is -2.17. The van der Waals surface area contributed by atoms with E-state index in [1.807, 2.05) is 6.92 Å². The van der Waals surface area contributed by atoms with Crippen LogP contribution < -0.4 is 5.32 Å². The Hall–Kier alpha value is -0.380. The van der Waals surface area contributed by atoms with Crippen molar-refractivity contribution in [1.82, 2.24) is 5.32 Å². The molecule has 0 aliphatic rings. The Morgan fingerprint density at radius 1 is 1.24 bits per heavy atom. The Morgan fingerprint density at radius 2 is 1.88 bits per heavy atom. The fourth-order valence-corrected chi connectivity index (χ4v) is 2.02. The SMILES string of the molecule is CCOC(C)CNC(C)Cc1ccc(Br)cc1. The zero-order valence-corrected chi connectivity index (χ0v) is 12.5. The molecule has 0 heterocycles. The van der Waals surface area contributed by atoms with Gasteiger partial charge in [0.05, 0.1) is 6.10 Å². The van der Waals surface area contributed by atoms with Crippen molar-refractivity contribution >= 4 is 15.9 Å². The van der Waals surface area contributed by atoms with E-state index in [2.05, 4.69) is 59.4 Å². The van der Waals surface area contributed by atoms with Crippen LogP contribution in [0.15, 0.2) is 28.7 Å². The van der Waals surface area contributed by atoms with E-state index in [1.165, 1.54) is 5.56 Å². The van der Waals surface area contributed by atoms with Crippen LogP contribution in [-0.2, 0) is 11.2 Å². The third kappa shape index (κ3) is 6.20. The molecule has 17 heavy (non-hydrogen) atoms. The van der Waals surface area contributed by atoms with Crippen molar-refractivity contribution in [3.63, 3.8) is 0 Å². The minimum absolute atomic E-state index is 0.285. The van der Waals surface area contributed by atoms with Crippen molar-refractivity contribution < 1.29 is 4.74 Å². The molecule has 0 saturated carbocycles. The Labute approximate surface area is 113 Å². The zero-order chi connectivity index (χ0) is 12.7. The van der Waals surface area contributed by atoms with Crippen LogP contribution in [0.1, 0.15) is 26.3 Å². The minimum atomic E-state index is 0.285. The van der Waals surface area contributed by atoms with Crippen LogP contribution >= 0.6 is 15.9 Å². The van der Waals surface area contributed by atoms with Gasteiger partial charge in [-0.25, -0.2) is 0 Å². The number of benzene rings is 1. The maximum Gasteiger partial charge on any atom is 0.0671 e. The summed E-state index contributed by atoms with van der Waals surface area (Å²) >= 11 is 3.45. The number of hydrogen-bond donors (Lipinski definition) is 1. The molecule has 2 atom stereocenters. The molecule has 1 N–H and O–H groups in total. The number of hydrogen-bond acceptors (Lipinski definition) is 2. The number of halogens is 1. The summed E-state index contributed by atoms with van der Waals surface area (Å²) in [4.78, 5) is 0. The van der Waals surface area contributed by atoms with Gasteiger partial charge in [0.15, 0.2) is 0 Å². The van der Waals surface area contributed by atoms with E-state index in [-0.39, 0.29) is 6.10 Å². The summed E-state index contributed by atoms with van der Waals surface area (Å²) in [6, 6.07) is 8.97. The molecule has 3 heteroatoms. The van der Waals surface area contributed by atoms with Crippen molar-refractivity contribution in [2.75, 3.05) is 13.2 Å². The van der Waals surface area contributed by atoms with E-state index < -0.39 is 0 Å². The molecule has 1 rings (SSSR count). The topological polar surface area (TPSA) is 21.3 Å². The first-order chi connectivity index (χ1) is 8.11. The van der Waals surface area contributed by atoms with Crippen molar-refractivity contribution in [2.24, 2.45) is 0 Å². The van der Waals surface area contributed by atoms with E-state index in [1.54, 1.807) is 0 Å². The van der Waals surface area contributed by atoms with Crippen LogP contribution in [0, 0.1) is 0 Å². The highest BCUT2D eigenvalue weighted by Gasteiger charge is 2.06. The molecule has 0 saturated heterocycles. The Morgan fingerprint density at radius 3 is 2.47 bits per heavy atom. The largest absolute Gasteiger partial charge is 0.377 e. The molecule has 0 fully saturated rings. The lowest BCUT2D eigenvalue weighted by Crippen LogP contribution is -2.35. The molecule has 0 spiro atoms. The first kappa shape index (κ1) is 14.7. The Kier molecular flexibility index (Phi) is 6.78. The van der Waals surface area contributed by atoms with E-state index in [0.29, 0.717) is 6.04 Å². The Balaban J connectivity index is 2.29. The Bertz CT molecular complexity index is 313. The van der Waals surface area contributed by atoms with E-state index >= 15 is 0 Å². The summed E-state index contributed by atoms with van der Waals surface area (Å²) in [5, 5.41) is 3.49. The maximum absolute atomic E-state index is 5.49. The lowest BCUT2D eigenvalue weighted by molar-refractivity contribution is 0.0743. The molecular formula is C14H22BrNO. The standard InChI is InChI=1S/C14H22BrNO/c1-4-17-12(3)10-16-11(2)9-13-5-7-14(15)8-6-13/h5-8,11-12,16H,4,9-10H2,1-3H3. The molecular weight excluding hydrogens is 278 g/mol. The zero-order valence-electron chi connectivity index (χ0n) is 10.9. The molecule has 1 aromatic carbocycles. The van der Waals surface area contributed by atoms with Crippen molar-refractivity contribution in [1.29, 1.82) is 0 Å². The molecule has 0 aromatic heterocycles. The molecule has 0 aliphatic heterocycles. The molecule has 0 bridgehead atoms. The van der Waals surface area contributed by atoms with Gasteiger partial charge in [0, 0.05) is 23.7 Å². The van der Waals surface area contributed by atoms with Gasteiger partial charge in [-0.1, -0.05) is 28.1 Å². The van der Waals surface area contributed by atoms with Gasteiger partial charge in [0.2, 0.25) is 0 Å². The molecule has 1 aromatic rings. The predicted octanol–water partition coefficient (Wildman–Crippen LogP) is 3.39. The van der Waals surface area contributed by atoms with Gasteiger partial charge in [-0.3, -0.25) is 0 Å². The van der Waals surface area contributed by atoms with Crippen molar-refractivity contribution in [2.45, 2.75) is 39.3 Å². The summed E-state index contributed by atoms with van der Waals surface area (Å²) in [6.07, 6.45) is 1.33. The molecule has 0 aliphatic carbocycles. The number of ether oxygens (including phenoxy) is 1. The first-order valence-corrected chi connectivity index (χ1v) is 7.00. The molecule has 2 unspecified atom stereocenters. The third-order valence-electron chi connectivity index (χ3n) is 2.66. The second-order valence-corrected chi connectivity index (χ2v) is 5.32. The normalized spacial score (nSPS) is 14.6. The molecule has 96 valence electrons. The van der Waals surface area contributed by atoms with Crippen molar-refractivity contribution in [3.05, 3.63) is 34.3 Å². The second kappa shape index (κ2) is 7.85. The van der Waals surface area contributed by atoms with Gasteiger partial charge in [0.25, 0.3) is 0 Å². The highest BCUT2D eigenvalue weighted by Crippen LogP contribution is 2.11. The fourth-order valence-electron chi connectivity index (χ4n) is 1.76.